The fourth-order valence-corrected chi connectivity index (χ4v) is 8.04. The molecule has 0 unspecified atom stereocenters. The highest BCUT2D eigenvalue weighted by molar-refractivity contribution is 5.96. The number of pyridine rings is 2. The molecule has 4 atom stereocenters. The number of methoxy groups -OCH3 is 1. The molecule has 266 valence electrons. The number of carbonyl (C=O) groups excluding carboxylic acids is 2. The van der Waals surface area contributed by atoms with Crippen molar-refractivity contribution in [2.24, 2.45) is 23.0 Å². The summed E-state index contributed by atoms with van der Waals surface area (Å²) in [5.41, 5.74) is 10.1. The summed E-state index contributed by atoms with van der Waals surface area (Å²) in [6.45, 7) is 4.53. The Hall–Kier alpha value is -4.17. The number of nitrogens with two attached hydrogens (primary N) is 1. The zero-order valence-corrected chi connectivity index (χ0v) is 28.4. The van der Waals surface area contributed by atoms with Crippen molar-refractivity contribution in [1.82, 2.24) is 29.2 Å². The van der Waals surface area contributed by atoms with Crippen molar-refractivity contribution < 1.29 is 32.2 Å². The third-order valence-electron chi connectivity index (χ3n) is 11.1. The highest BCUT2D eigenvalue weighted by atomic mass is 19.4. The van der Waals surface area contributed by atoms with Crippen LogP contribution in [0.1, 0.15) is 79.7 Å². The fraction of sp³-hybridized carbons (Fsp3) is 0.556. The van der Waals surface area contributed by atoms with E-state index in [4.69, 9.17) is 20.4 Å². The molecule has 50 heavy (non-hydrogen) atoms. The first-order valence-electron chi connectivity index (χ1n) is 17.5. The van der Waals surface area contributed by atoms with Crippen LogP contribution in [0.25, 0.3) is 28.1 Å². The lowest BCUT2D eigenvalue weighted by atomic mass is 9.87. The first kappa shape index (κ1) is 33.0. The number of halogens is 3. The Kier molecular flexibility index (Phi) is 7.90. The minimum Gasteiger partial charge on any atom is -0.482 e. The normalized spacial score (nSPS) is 23.4. The molecule has 4 aromatic rings. The molecule has 0 aromatic carbocycles. The number of ether oxygens (including phenoxy) is 2. The summed E-state index contributed by atoms with van der Waals surface area (Å²) >= 11 is 0. The number of nitrogens with zero attached hydrogens (tertiary/aromatic N) is 5. The zero-order chi connectivity index (χ0) is 35.1. The maximum absolute atomic E-state index is 13.9. The molecule has 4 aliphatic rings. The molecular formula is C36H42F3N7O4. The number of amides is 2. The van der Waals surface area contributed by atoms with Gasteiger partial charge in [-0.2, -0.15) is 0 Å². The Bertz CT molecular complexity index is 2000. The third kappa shape index (κ3) is 5.99. The monoisotopic (exact) mass is 693 g/mol. The summed E-state index contributed by atoms with van der Waals surface area (Å²) in [6.07, 6.45) is 0.882. The van der Waals surface area contributed by atoms with E-state index in [-0.39, 0.29) is 18.0 Å². The molecule has 2 amide bonds. The van der Waals surface area contributed by atoms with E-state index in [9.17, 15) is 22.8 Å². The summed E-state index contributed by atoms with van der Waals surface area (Å²) in [5.74, 6) is 0.960. The predicted molar refractivity (Wildman–Crippen MR) is 178 cm³/mol. The average Bonchev–Trinajstić information content (AvgIpc) is 3.98. The molecule has 3 N–H and O–H groups in total. The Morgan fingerprint density at radius 1 is 1.12 bits per heavy atom. The second-order valence-electron chi connectivity index (χ2n) is 14.9. The molecule has 3 aliphatic carbocycles. The standard InChI is InChI=1S/C36H42F3N7O4/c1-19(41-34(48)35(8-9-35)18-50-36(37,38)39)27-7-6-23-12-28(45(32(23)42-27)16-21-4-5-21)31-20(2)46-29(43-31)13-24(14-30(46)49-3)33(47)44-17-22-10-25(40)15-26(44)11-22/h6-7,12-14,19,21-22,25-26H,4-5,8-11,15-18,40H2,1-3H3,(H,41,48)/t19-,22-,25+,26+/m1/s1. The van der Waals surface area contributed by atoms with Crippen LogP contribution in [-0.4, -0.2) is 74.4 Å². The number of carbonyl (C=O) groups is 2. The summed E-state index contributed by atoms with van der Waals surface area (Å²) in [7, 11) is 1.59. The number of likely N-dealkylation sites (tertiary alicyclic amines) is 1. The number of imidazole rings is 1. The highest BCUT2D eigenvalue weighted by Crippen LogP contribution is 2.47. The van der Waals surface area contributed by atoms with Gasteiger partial charge < -0.3 is 25.3 Å². The zero-order valence-electron chi connectivity index (χ0n) is 28.4. The number of aromatic nitrogens is 4. The molecule has 0 radical (unpaired) electrons. The minimum absolute atomic E-state index is 0.0316. The van der Waals surface area contributed by atoms with Crippen molar-refractivity contribution in [2.75, 3.05) is 20.3 Å². The van der Waals surface area contributed by atoms with Crippen LogP contribution in [-0.2, 0) is 16.1 Å². The number of aryl methyl sites for hydroxylation is 1. The van der Waals surface area contributed by atoms with Crippen LogP contribution in [0.2, 0.25) is 0 Å². The molecule has 0 spiro atoms. The molecule has 5 heterocycles. The van der Waals surface area contributed by atoms with Gasteiger partial charge in [-0.3, -0.25) is 18.7 Å². The lowest BCUT2D eigenvalue weighted by molar-refractivity contribution is -0.328. The van der Waals surface area contributed by atoms with Gasteiger partial charge in [-0.05, 0) is 94.9 Å². The lowest BCUT2D eigenvalue weighted by Gasteiger charge is -2.27. The van der Waals surface area contributed by atoms with Gasteiger partial charge in [0.05, 0.1) is 42.3 Å². The molecule has 14 heteroatoms. The summed E-state index contributed by atoms with van der Waals surface area (Å²) in [5, 5.41) is 3.78. The van der Waals surface area contributed by atoms with Gasteiger partial charge in [0.25, 0.3) is 5.91 Å². The molecule has 3 saturated carbocycles. The smallest absolute Gasteiger partial charge is 0.482 e. The van der Waals surface area contributed by atoms with Gasteiger partial charge in [0.1, 0.15) is 17.0 Å². The molecule has 1 aliphatic heterocycles. The molecule has 2 bridgehead atoms. The van der Waals surface area contributed by atoms with E-state index in [2.05, 4.69) is 20.7 Å². The van der Waals surface area contributed by atoms with Crippen molar-refractivity contribution in [2.45, 2.75) is 89.8 Å². The maximum atomic E-state index is 13.9. The van der Waals surface area contributed by atoms with Crippen molar-refractivity contribution in [3.63, 3.8) is 0 Å². The third-order valence-corrected chi connectivity index (χ3v) is 11.1. The van der Waals surface area contributed by atoms with E-state index in [1.54, 1.807) is 20.1 Å². The van der Waals surface area contributed by atoms with Crippen LogP contribution in [0, 0.1) is 24.2 Å². The van der Waals surface area contributed by atoms with Gasteiger partial charge in [-0.15, -0.1) is 13.2 Å². The molecule has 8 rings (SSSR count). The topological polar surface area (TPSA) is 129 Å². The Labute approximate surface area is 287 Å². The Morgan fingerprint density at radius 2 is 1.90 bits per heavy atom. The second kappa shape index (κ2) is 12.0. The van der Waals surface area contributed by atoms with Crippen LogP contribution in [0.15, 0.2) is 30.3 Å². The van der Waals surface area contributed by atoms with Gasteiger partial charge in [-0.25, -0.2) is 9.97 Å². The van der Waals surface area contributed by atoms with Crippen molar-refractivity contribution in [3.05, 3.63) is 47.3 Å². The van der Waals surface area contributed by atoms with E-state index in [0.29, 0.717) is 47.5 Å². The number of fused-ring (bicyclic) bond motifs is 4. The molecule has 4 aromatic heterocycles. The van der Waals surface area contributed by atoms with Gasteiger partial charge >= 0.3 is 6.36 Å². The van der Waals surface area contributed by atoms with E-state index >= 15 is 0 Å². The largest absolute Gasteiger partial charge is 0.522 e. The number of alkyl halides is 3. The van der Waals surface area contributed by atoms with Crippen molar-refractivity contribution in [1.29, 1.82) is 0 Å². The summed E-state index contributed by atoms with van der Waals surface area (Å²) in [6, 6.07) is 9.22. The van der Waals surface area contributed by atoms with Crippen molar-refractivity contribution in [3.8, 4) is 17.3 Å². The average molecular weight is 694 g/mol. The number of rotatable bonds is 10. The highest BCUT2D eigenvalue weighted by Gasteiger charge is 2.52. The fourth-order valence-electron chi connectivity index (χ4n) is 8.04. The quantitative estimate of drug-likeness (QED) is 0.224. The van der Waals surface area contributed by atoms with Crippen LogP contribution >= 0.6 is 0 Å². The van der Waals surface area contributed by atoms with E-state index in [1.807, 2.05) is 34.4 Å². The van der Waals surface area contributed by atoms with E-state index in [1.165, 1.54) is 0 Å². The van der Waals surface area contributed by atoms with Crippen LogP contribution < -0.4 is 15.8 Å². The summed E-state index contributed by atoms with van der Waals surface area (Å²) < 4.78 is 52.0. The maximum Gasteiger partial charge on any atom is 0.522 e. The Morgan fingerprint density at radius 3 is 2.60 bits per heavy atom. The van der Waals surface area contributed by atoms with Crippen LogP contribution in [0.5, 0.6) is 5.88 Å². The minimum atomic E-state index is -4.79. The first-order valence-corrected chi connectivity index (χ1v) is 17.5. The molecule has 4 fully saturated rings. The number of hydrogen-bond donors (Lipinski definition) is 2. The van der Waals surface area contributed by atoms with Gasteiger partial charge in [0, 0.05) is 42.2 Å². The number of hydrogen-bond acceptors (Lipinski definition) is 7. The lowest BCUT2D eigenvalue weighted by Crippen LogP contribution is -2.38. The van der Waals surface area contributed by atoms with Gasteiger partial charge in [-0.1, -0.05) is 0 Å². The van der Waals surface area contributed by atoms with Crippen LogP contribution in [0.4, 0.5) is 13.2 Å². The van der Waals surface area contributed by atoms with Crippen molar-refractivity contribution >= 4 is 28.5 Å². The molecule has 1 saturated heterocycles. The summed E-state index contributed by atoms with van der Waals surface area (Å²) in [4.78, 5) is 38.9. The SMILES string of the molecule is COc1cc(C(=O)N2C[C@@H]3C[C@H](N)C[C@@H]2C3)cc2nc(-c3cc4ccc([C@@H](C)NC(=O)C5(COC(F)(F)F)CC5)nc4n3CC3CC3)c(C)n12. The molecule has 11 nitrogen and oxygen atoms in total. The Balaban J connectivity index is 1.11. The predicted octanol–water partition coefficient (Wildman–Crippen LogP) is 5.52. The van der Waals surface area contributed by atoms with E-state index in [0.717, 1.165) is 73.3 Å². The van der Waals surface area contributed by atoms with E-state index < -0.39 is 30.3 Å². The van der Waals surface area contributed by atoms with Gasteiger partial charge in [0.15, 0.2) is 5.88 Å². The molecular weight excluding hydrogens is 651 g/mol. The van der Waals surface area contributed by atoms with Gasteiger partial charge in [0.2, 0.25) is 5.91 Å². The van der Waals surface area contributed by atoms with Crippen LogP contribution in [0.3, 0.4) is 0 Å². The number of nitrogens with one attached hydrogen (secondary N) is 1. The first-order chi connectivity index (χ1) is 23.8. The second-order valence-corrected chi connectivity index (χ2v) is 14.9.